The number of carbonyl (C=O) groups is 1. The van der Waals surface area contributed by atoms with Gasteiger partial charge >= 0.3 is 0 Å². The number of aromatic nitrogens is 2. The number of rotatable bonds is 5. The molecule has 76 valence electrons. The Labute approximate surface area is 86.1 Å². The molecule has 0 saturated carbocycles. The molecule has 1 atom stereocenters. The van der Waals surface area contributed by atoms with Crippen molar-refractivity contribution in [2.75, 3.05) is 6.01 Å². The summed E-state index contributed by atoms with van der Waals surface area (Å²) >= 11 is 1.09. The van der Waals surface area contributed by atoms with E-state index in [1.807, 2.05) is 0 Å². The van der Waals surface area contributed by atoms with Gasteiger partial charge < -0.3 is 0 Å². The Morgan fingerprint density at radius 2 is 2.21 bits per heavy atom. The monoisotopic (exact) mass is 214 g/mol. The van der Waals surface area contributed by atoms with Gasteiger partial charge in [-0.2, -0.15) is 0 Å². The van der Waals surface area contributed by atoms with E-state index in [0.717, 1.165) is 17.3 Å². The molecule has 0 aliphatic carbocycles. The number of hydrogen-bond donors (Lipinski definition) is 0. The maximum Gasteiger partial charge on any atom is 0.136 e. The number of ketones is 1. The van der Waals surface area contributed by atoms with Crippen LogP contribution in [0, 0.1) is 0 Å². The Morgan fingerprint density at radius 1 is 1.57 bits per heavy atom. The van der Waals surface area contributed by atoms with Crippen LogP contribution < -0.4 is 0 Å². The van der Waals surface area contributed by atoms with E-state index in [1.165, 1.54) is 13.3 Å². The van der Waals surface area contributed by atoms with E-state index in [0.29, 0.717) is 6.42 Å². The minimum atomic E-state index is -0.507. The molecule has 1 aromatic heterocycles. The highest BCUT2D eigenvalue weighted by molar-refractivity contribution is 7.99. The molecular formula is C9H11FN2OS. The van der Waals surface area contributed by atoms with E-state index in [1.54, 1.807) is 12.4 Å². The highest BCUT2D eigenvalue weighted by Crippen LogP contribution is 2.31. The van der Waals surface area contributed by atoms with Crippen LogP contribution in [0.25, 0.3) is 0 Å². The third kappa shape index (κ3) is 3.41. The van der Waals surface area contributed by atoms with Gasteiger partial charge in [0.15, 0.2) is 0 Å². The van der Waals surface area contributed by atoms with Crippen molar-refractivity contribution in [2.24, 2.45) is 0 Å². The van der Waals surface area contributed by atoms with Crippen LogP contribution in [0.1, 0.15) is 24.2 Å². The third-order valence-corrected chi connectivity index (χ3v) is 2.66. The number of nitrogens with zero attached hydrogens (tertiary/aromatic N) is 2. The van der Waals surface area contributed by atoms with Crippen molar-refractivity contribution < 1.29 is 9.18 Å². The Kier molecular flexibility index (Phi) is 4.52. The topological polar surface area (TPSA) is 42.9 Å². The van der Waals surface area contributed by atoms with Crippen molar-refractivity contribution in [1.29, 1.82) is 0 Å². The van der Waals surface area contributed by atoms with Gasteiger partial charge in [-0.15, -0.1) is 11.8 Å². The first-order valence-corrected chi connectivity index (χ1v) is 5.21. The molecular weight excluding hydrogens is 203 g/mol. The molecule has 1 aromatic rings. The standard InChI is InChI=1S/C9H11FN2OS/c1-7(13)2-9(14-5-10)8-3-11-6-12-4-8/h3-4,6,9H,2,5H2,1H3. The highest BCUT2D eigenvalue weighted by Gasteiger charge is 2.14. The predicted molar refractivity (Wildman–Crippen MR) is 53.6 cm³/mol. The van der Waals surface area contributed by atoms with Gasteiger partial charge in [-0.3, -0.25) is 4.79 Å². The summed E-state index contributed by atoms with van der Waals surface area (Å²) in [4.78, 5) is 18.6. The van der Waals surface area contributed by atoms with Crippen molar-refractivity contribution in [1.82, 2.24) is 9.97 Å². The number of thioether (sulfide) groups is 1. The first-order valence-electron chi connectivity index (χ1n) is 4.16. The van der Waals surface area contributed by atoms with E-state index in [2.05, 4.69) is 9.97 Å². The van der Waals surface area contributed by atoms with Crippen LogP contribution in [0.4, 0.5) is 4.39 Å². The van der Waals surface area contributed by atoms with Crippen molar-refractivity contribution >= 4 is 17.5 Å². The fourth-order valence-corrected chi connectivity index (χ4v) is 1.91. The van der Waals surface area contributed by atoms with Gasteiger partial charge in [0.05, 0.1) is 0 Å². The lowest BCUT2D eigenvalue weighted by atomic mass is 10.1. The minimum absolute atomic E-state index is 0.0415. The van der Waals surface area contributed by atoms with E-state index in [4.69, 9.17) is 0 Å². The van der Waals surface area contributed by atoms with Gasteiger partial charge in [0.2, 0.25) is 0 Å². The summed E-state index contributed by atoms with van der Waals surface area (Å²) in [6.07, 6.45) is 4.96. The van der Waals surface area contributed by atoms with Gasteiger partial charge in [0.1, 0.15) is 18.1 Å². The Balaban J connectivity index is 2.72. The first kappa shape index (κ1) is 11.1. The second kappa shape index (κ2) is 5.70. The highest BCUT2D eigenvalue weighted by atomic mass is 32.2. The smallest absolute Gasteiger partial charge is 0.136 e. The van der Waals surface area contributed by atoms with E-state index < -0.39 is 6.01 Å². The van der Waals surface area contributed by atoms with E-state index in [-0.39, 0.29) is 11.0 Å². The van der Waals surface area contributed by atoms with E-state index in [9.17, 15) is 9.18 Å². The molecule has 1 heterocycles. The fraction of sp³-hybridized carbons (Fsp3) is 0.444. The Bertz CT molecular complexity index is 294. The van der Waals surface area contributed by atoms with Crippen LogP contribution in [-0.4, -0.2) is 21.8 Å². The Hall–Kier alpha value is -0.970. The minimum Gasteiger partial charge on any atom is -0.300 e. The predicted octanol–water partition coefficient (Wildman–Crippen LogP) is 2.16. The zero-order chi connectivity index (χ0) is 10.4. The van der Waals surface area contributed by atoms with Crippen LogP contribution in [0.3, 0.4) is 0 Å². The van der Waals surface area contributed by atoms with Crippen molar-refractivity contribution in [3.05, 3.63) is 24.3 Å². The third-order valence-electron chi connectivity index (χ3n) is 1.69. The lowest BCUT2D eigenvalue weighted by Gasteiger charge is -2.11. The molecule has 0 bridgehead atoms. The summed E-state index contributed by atoms with van der Waals surface area (Å²) in [5.74, 6) is 0.0415. The summed E-state index contributed by atoms with van der Waals surface area (Å²) in [7, 11) is 0. The summed E-state index contributed by atoms with van der Waals surface area (Å²) in [5, 5.41) is -0.168. The summed E-state index contributed by atoms with van der Waals surface area (Å²) in [5.41, 5.74) is 0.797. The number of alkyl halides is 1. The normalized spacial score (nSPS) is 12.4. The van der Waals surface area contributed by atoms with Crippen molar-refractivity contribution in [3.63, 3.8) is 0 Å². The lowest BCUT2D eigenvalue weighted by molar-refractivity contribution is -0.117. The quantitative estimate of drug-likeness (QED) is 0.753. The fourth-order valence-electron chi connectivity index (χ4n) is 1.09. The molecule has 0 aliphatic rings. The van der Waals surface area contributed by atoms with Crippen molar-refractivity contribution in [3.8, 4) is 0 Å². The van der Waals surface area contributed by atoms with Crippen LogP contribution >= 0.6 is 11.8 Å². The van der Waals surface area contributed by atoms with Gasteiger partial charge in [-0.1, -0.05) is 0 Å². The number of carbonyl (C=O) groups excluding carboxylic acids is 1. The lowest BCUT2D eigenvalue weighted by Crippen LogP contribution is -2.02. The molecule has 1 unspecified atom stereocenters. The average Bonchev–Trinajstić information content (AvgIpc) is 2.18. The molecule has 5 heteroatoms. The second-order valence-corrected chi connectivity index (χ2v) is 3.96. The SMILES string of the molecule is CC(=O)CC(SCF)c1cncnc1. The Morgan fingerprint density at radius 3 is 2.71 bits per heavy atom. The molecule has 0 N–H and O–H groups in total. The second-order valence-electron chi connectivity index (χ2n) is 2.84. The number of Topliss-reactive ketones (excluding diaryl/α,β-unsaturated/α-hetero) is 1. The van der Waals surface area contributed by atoms with Gasteiger partial charge in [-0.05, 0) is 6.92 Å². The van der Waals surface area contributed by atoms with Gasteiger partial charge in [-0.25, -0.2) is 14.4 Å². The molecule has 0 aliphatic heterocycles. The molecule has 1 rings (SSSR count). The average molecular weight is 214 g/mol. The first-order chi connectivity index (χ1) is 6.74. The molecule has 0 aromatic carbocycles. The molecule has 0 radical (unpaired) electrons. The van der Waals surface area contributed by atoms with Crippen molar-refractivity contribution in [2.45, 2.75) is 18.6 Å². The molecule has 0 fully saturated rings. The molecule has 0 spiro atoms. The van der Waals surface area contributed by atoms with Gasteiger partial charge in [0.25, 0.3) is 0 Å². The number of halogens is 1. The van der Waals surface area contributed by atoms with Gasteiger partial charge in [0, 0.05) is 29.6 Å². The molecule has 3 nitrogen and oxygen atoms in total. The zero-order valence-corrected chi connectivity index (χ0v) is 8.63. The summed E-state index contributed by atoms with van der Waals surface area (Å²) in [6, 6.07) is -0.507. The van der Waals surface area contributed by atoms with Crippen LogP contribution in [0.5, 0.6) is 0 Å². The molecule has 0 amide bonds. The zero-order valence-electron chi connectivity index (χ0n) is 7.81. The largest absolute Gasteiger partial charge is 0.300 e. The molecule has 14 heavy (non-hydrogen) atoms. The molecule has 0 saturated heterocycles. The van der Waals surface area contributed by atoms with Crippen LogP contribution in [0.15, 0.2) is 18.7 Å². The van der Waals surface area contributed by atoms with Crippen LogP contribution in [-0.2, 0) is 4.79 Å². The maximum absolute atomic E-state index is 12.2. The maximum atomic E-state index is 12.2. The van der Waals surface area contributed by atoms with E-state index >= 15 is 0 Å². The number of hydrogen-bond acceptors (Lipinski definition) is 4. The summed E-state index contributed by atoms with van der Waals surface area (Å²) in [6.45, 7) is 1.50. The summed E-state index contributed by atoms with van der Waals surface area (Å²) < 4.78 is 12.2. The van der Waals surface area contributed by atoms with Crippen LogP contribution in [0.2, 0.25) is 0 Å².